The van der Waals surface area contributed by atoms with Crippen molar-refractivity contribution in [2.45, 2.75) is 52.7 Å². The van der Waals surface area contributed by atoms with Crippen molar-refractivity contribution in [2.75, 3.05) is 26.2 Å². The highest BCUT2D eigenvalue weighted by molar-refractivity contribution is 4.75. The summed E-state index contributed by atoms with van der Waals surface area (Å²) in [6.45, 7) is 12.3. The molecule has 0 aliphatic carbocycles. The third-order valence-corrected chi connectivity index (χ3v) is 3.25. The van der Waals surface area contributed by atoms with Crippen LogP contribution in [0.15, 0.2) is 0 Å². The Kier molecular flexibility index (Phi) is 5.22. The van der Waals surface area contributed by atoms with Crippen LogP contribution in [0.5, 0.6) is 0 Å². The molecule has 96 valence electrons. The maximum absolute atomic E-state index is 9.99. The summed E-state index contributed by atoms with van der Waals surface area (Å²) in [5.74, 6) is 0. The largest absolute Gasteiger partial charge is 0.393 e. The number of hydrogen-bond donors (Lipinski definition) is 1. The van der Waals surface area contributed by atoms with Crippen molar-refractivity contribution in [3.8, 4) is 0 Å². The molecule has 0 aromatic carbocycles. The van der Waals surface area contributed by atoms with Crippen LogP contribution in [0, 0.1) is 5.41 Å². The average molecular weight is 229 g/mol. The second kappa shape index (κ2) is 5.99. The molecule has 1 aliphatic rings. The predicted molar refractivity (Wildman–Crippen MR) is 66.5 cm³/mol. The van der Waals surface area contributed by atoms with E-state index in [2.05, 4.69) is 32.6 Å². The fraction of sp³-hybridized carbons (Fsp3) is 1.00. The number of aliphatic hydroxyl groups excluding tert-OH is 1. The Morgan fingerprint density at radius 3 is 2.75 bits per heavy atom. The van der Waals surface area contributed by atoms with Gasteiger partial charge in [-0.2, -0.15) is 0 Å². The molecule has 2 atom stereocenters. The minimum absolute atomic E-state index is 0.00599. The highest BCUT2D eigenvalue weighted by Gasteiger charge is 2.23. The second-order valence-corrected chi connectivity index (χ2v) is 6.01. The summed E-state index contributed by atoms with van der Waals surface area (Å²) < 4.78 is 5.60. The summed E-state index contributed by atoms with van der Waals surface area (Å²) >= 11 is 0. The van der Waals surface area contributed by atoms with Crippen LogP contribution in [0.2, 0.25) is 0 Å². The van der Waals surface area contributed by atoms with E-state index in [1.54, 1.807) is 0 Å². The van der Waals surface area contributed by atoms with Crippen molar-refractivity contribution >= 4 is 0 Å². The molecule has 1 fully saturated rings. The summed E-state index contributed by atoms with van der Waals surface area (Å²) in [6.07, 6.45) is 2.08. The van der Waals surface area contributed by atoms with Crippen molar-refractivity contribution in [3.63, 3.8) is 0 Å². The lowest BCUT2D eigenvalue weighted by molar-refractivity contribution is 0.0385. The SMILES string of the molecule is CC1CN(CCC(O)C(C)(C)C)CCCO1. The van der Waals surface area contributed by atoms with Gasteiger partial charge in [0.1, 0.15) is 0 Å². The summed E-state index contributed by atoms with van der Waals surface area (Å²) in [6, 6.07) is 0. The molecule has 0 amide bonds. The number of rotatable bonds is 3. The molecule has 0 spiro atoms. The fourth-order valence-corrected chi connectivity index (χ4v) is 2.02. The molecule has 1 saturated heterocycles. The number of hydrogen-bond acceptors (Lipinski definition) is 3. The molecule has 16 heavy (non-hydrogen) atoms. The van der Waals surface area contributed by atoms with Gasteiger partial charge < -0.3 is 14.7 Å². The third-order valence-electron chi connectivity index (χ3n) is 3.25. The first-order valence-electron chi connectivity index (χ1n) is 6.41. The van der Waals surface area contributed by atoms with E-state index < -0.39 is 0 Å². The lowest BCUT2D eigenvalue weighted by Crippen LogP contribution is -2.35. The van der Waals surface area contributed by atoms with E-state index in [1.807, 2.05) is 0 Å². The van der Waals surface area contributed by atoms with Gasteiger partial charge in [0, 0.05) is 26.2 Å². The van der Waals surface area contributed by atoms with E-state index in [4.69, 9.17) is 4.74 Å². The topological polar surface area (TPSA) is 32.7 Å². The van der Waals surface area contributed by atoms with Gasteiger partial charge in [0.05, 0.1) is 12.2 Å². The van der Waals surface area contributed by atoms with E-state index in [0.717, 1.165) is 39.1 Å². The second-order valence-electron chi connectivity index (χ2n) is 6.01. The van der Waals surface area contributed by atoms with Crippen molar-refractivity contribution in [1.82, 2.24) is 4.90 Å². The monoisotopic (exact) mass is 229 g/mol. The first kappa shape index (κ1) is 13.9. The highest BCUT2D eigenvalue weighted by Crippen LogP contribution is 2.22. The van der Waals surface area contributed by atoms with Gasteiger partial charge in [-0.3, -0.25) is 0 Å². The highest BCUT2D eigenvalue weighted by atomic mass is 16.5. The molecule has 2 unspecified atom stereocenters. The zero-order valence-corrected chi connectivity index (χ0v) is 11.2. The Balaban J connectivity index is 2.31. The van der Waals surface area contributed by atoms with Gasteiger partial charge in [0.25, 0.3) is 0 Å². The summed E-state index contributed by atoms with van der Waals surface area (Å²) in [5.41, 5.74) is -0.00599. The standard InChI is InChI=1S/C13H27NO2/c1-11-10-14(7-5-9-16-11)8-6-12(15)13(2,3)4/h11-12,15H,5-10H2,1-4H3. The summed E-state index contributed by atoms with van der Waals surface area (Å²) in [7, 11) is 0. The average Bonchev–Trinajstić information content (AvgIpc) is 2.37. The number of nitrogens with zero attached hydrogens (tertiary/aromatic N) is 1. The number of ether oxygens (including phenoxy) is 1. The van der Waals surface area contributed by atoms with Crippen LogP contribution in [0.25, 0.3) is 0 Å². The molecule has 0 radical (unpaired) electrons. The molecule has 0 saturated carbocycles. The molecular weight excluding hydrogens is 202 g/mol. The lowest BCUT2D eigenvalue weighted by atomic mass is 9.87. The van der Waals surface area contributed by atoms with Gasteiger partial charge in [-0.1, -0.05) is 20.8 Å². The van der Waals surface area contributed by atoms with E-state index in [-0.39, 0.29) is 11.5 Å². The fourth-order valence-electron chi connectivity index (χ4n) is 2.02. The normalized spacial score (nSPS) is 26.4. The predicted octanol–water partition coefficient (Wildman–Crippen LogP) is 1.89. The first-order valence-corrected chi connectivity index (χ1v) is 6.41. The van der Waals surface area contributed by atoms with Crippen molar-refractivity contribution in [1.29, 1.82) is 0 Å². The molecule has 3 heteroatoms. The Morgan fingerprint density at radius 1 is 1.44 bits per heavy atom. The van der Waals surface area contributed by atoms with Gasteiger partial charge in [-0.25, -0.2) is 0 Å². The zero-order valence-electron chi connectivity index (χ0n) is 11.2. The quantitative estimate of drug-likeness (QED) is 0.802. The maximum Gasteiger partial charge on any atom is 0.0673 e. The maximum atomic E-state index is 9.99. The summed E-state index contributed by atoms with van der Waals surface area (Å²) in [5, 5.41) is 9.99. The van der Waals surface area contributed by atoms with E-state index in [0.29, 0.717) is 6.10 Å². The molecule has 0 aromatic rings. The lowest BCUT2D eigenvalue weighted by Gasteiger charge is -2.29. The van der Waals surface area contributed by atoms with E-state index >= 15 is 0 Å². The first-order chi connectivity index (χ1) is 7.39. The molecular formula is C13H27NO2. The van der Waals surface area contributed by atoms with Crippen molar-refractivity contribution in [3.05, 3.63) is 0 Å². The minimum atomic E-state index is -0.216. The van der Waals surface area contributed by atoms with Crippen LogP contribution in [0.4, 0.5) is 0 Å². The van der Waals surface area contributed by atoms with E-state index in [9.17, 15) is 5.11 Å². The van der Waals surface area contributed by atoms with Crippen LogP contribution in [-0.4, -0.2) is 48.5 Å². The smallest absolute Gasteiger partial charge is 0.0673 e. The molecule has 0 bridgehead atoms. The Hall–Kier alpha value is -0.120. The zero-order chi connectivity index (χ0) is 12.2. The minimum Gasteiger partial charge on any atom is -0.393 e. The Labute approximate surface area is 99.8 Å². The van der Waals surface area contributed by atoms with Gasteiger partial charge in [0.2, 0.25) is 0 Å². The van der Waals surface area contributed by atoms with Crippen LogP contribution >= 0.6 is 0 Å². The molecule has 0 aromatic heterocycles. The molecule has 1 heterocycles. The van der Waals surface area contributed by atoms with Crippen LogP contribution < -0.4 is 0 Å². The van der Waals surface area contributed by atoms with Gasteiger partial charge >= 0.3 is 0 Å². The summed E-state index contributed by atoms with van der Waals surface area (Å²) in [4.78, 5) is 2.41. The third kappa shape index (κ3) is 4.81. The Bertz CT molecular complexity index is 201. The van der Waals surface area contributed by atoms with Gasteiger partial charge in [-0.15, -0.1) is 0 Å². The number of aliphatic hydroxyl groups is 1. The van der Waals surface area contributed by atoms with Gasteiger partial charge in [-0.05, 0) is 25.2 Å². The van der Waals surface area contributed by atoms with Crippen LogP contribution in [0.3, 0.4) is 0 Å². The Morgan fingerprint density at radius 2 is 2.12 bits per heavy atom. The van der Waals surface area contributed by atoms with Crippen molar-refractivity contribution in [2.24, 2.45) is 5.41 Å². The molecule has 1 aliphatic heterocycles. The van der Waals surface area contributed by atoms with Gasteiger partial charge in [0.15, 0.2) is 0 Å². The molecule has 3 nitrogen and oxygen atoms in total. The van der Waals surface area contributed by atoms with Crippen LogP contribution in [0.1, 0.15) is 40.5 Å². The molecule has 1 rings (SSSR count). The van der Waals surface area contributed by atoms with E-state index in [1.165, 1.54) is 0 Å². The van der Waals surface area contributed by atoms with Crippen LogP contribution in [-0.2, 0) is 4.74 Å². The van der Waals surface area contributed by atoms with Crippen molar-refractivity contribution < 1.29 is 9.84 Å². The molecule has 1 N–H and O–H groups in total.